The first-order valence-corrected chi connectivity index (χ1v) is 10.5. The normalized spacial score (nSPS) is 24.9. The highest BCUT2D eigenvalue weighted by Gasteiger charge is 2.43. The summed E-state index contributed by atoms with van der Waals surface area (Å²) in [5.41, 5.74) is 4.23. The van der Waals surface area contributed by atoms with Gasteiger partial charge in [-0.05, 0) is 69.3 Å². The van der Waals surface area contributed by atoms with Gasteiger partial charge in [0.05, 0.1) is 12.7 Å². The highest BCUT2D eigenvalue weighted by molar-refractivity contribution is 5.30. The number of nitrogens with one attached hydrogen (secondary N) is 1. The van der Waals surface area contributed by atoms with Crippen molar-refractivity contribution in [2.24, 2.45) is 0 Å². The van der Waals surface area contributed by atoms with Crippen LogP contribution in [0.2, 0.25) is 0 Å². The van der Waals surface area contributed by atoms with E-state index in [1.165, 1.54) is 16.7 Å². The highest BCUT2D eigenvalue weighted by Crippen LogP contribution is 2.45. The lowest BCUT2D eigenvalue weighted by Crippen LogP contribution is -2.46. The second-order valence-electron chi connectivity index (χ2n) is 8.50. The molecule has 3 nitrogen and oxygen atoms in total. The van der Waals surface area contributed by atoms with Crippen molar-refractivity contribution in [3.8, 4) is 5.75 Å². The molecule has 152 valence electrons. The molecule has 0 aliphatic carbocycles. The molecular weight excluding hydrogens is 346 g/mol. The molecule has 3 heteroatoms. The molecule has 3 rings (SSSR count). The maximum Gasteiger partial charge on any atom is 0.118 e. The van der Waals surface area contributed by atoms with Crippen LogP contribution < -0.4 is 10.1 Å². The Labute approximate surface area is 170 Å². The lowest BCUT2D eigenvalue weighted by atomic mass is 9.66. The van der Waals surface area contributed by atoms with E-state index >= 15 is 0 Å². The average molecular weight is 382 g/mol. The molecule has 0 saturated carbocycles. The average Bonchev–Trinajstić information content (AvgIpc) is 2.72. The number of ether oxygens (including phenoxy) is 2. The zero-order valence-corrected chi connectivity index (χ0v) is 17.9. The van der Waals surface area contributed by atoms with Crippen molar-refractivity contribution in [1.29, 1.82) is 0 Å². The molecule has 2 aromatic rings. The molecule has 1 aliphatic heterocycles. The Kier molecular flexibility index (Phi) is 6.79. The molecule has 2 unspecified atom stereocenters. The first kappa shape index (κ1) is 20.9. The van der Waals surface area contributed by atoms with E-state index in [1.54, 1.807) is 7.11 Å². The van der Waals surface area contributed by atoms with E-state index in [1.807, 2.05) is 12.1 Å². The van der Waals surface area contributed by atoms with Gasteiger partial charge in [0, 0.05) is 18.6 Å². The molecule has 1 saturated heterocycles. The van der Waals surface area contributed by atoms with E-state index in [0.717, 1.165) is 51.1 Å². The molecule has 0 radical (unpaired) electrons. The molecular formula is C25H35NO2. The highest BCUT2D eigenvalue weighted by atomic mass is 16.5. The predicted octanol–water partition coefficient (Wildman–Crippen LogP) is 5.40. The van der Waals surface area contributed by atoms with Crippen molar-refractivity contribution in [2.45, 2.75) is 64.0 Å². The van der Waals surface area contributed by atoms with Crippen LogP contribution in [0.15, 0.2) is 48.5 Å². The van der Waals surface area contributed by atoms with Crippen molar-refractivity contribution in [1.82, 2.24) is 5.32 Å². The molecule has 1 aliphatic rings. The third-order valence-electron chi connectivity index (χ3n) is 6.42. The van der Waals surface area contributed by atoms with Crippen molar-refractivity contribution in [2.75, 3.05) is 20.3 Å². The van der Waals surface area contributed by atoms with Gasteiger partial charge in [0.25, 0.3) is 0 Å². The van der Waals surface area contributed by atoms with Crippen LogP contribution in [0.4, 0.5) is 0 Å². The Morgan fingerprint density at radius 1 is 1.07 bits per heavy atom. The van der Waals surface area contributed by atoms with Crippen LogP contribution in [0.25, 0.3) is 0 Å². The first-order valence-electron chi connectivity index (χ1n) is 10.5. The topological polar surface area (TPSA) is 30.5 Å². The van der Waals surface area contributed by atoms with Crippen LogP contribution in [-0.4, -0.2) is 25.9 Å². The van der Waals surface area contributed by atoms with Gasteiger partial charge in [-0.1, -0.05) is 48.9 Å². The van der Waals surface area contributed by atoms with Crippen LogP contribution >= 0.6 is 0 Å². The quantitative estimate of drug-likeness (QED) is 0.621. The number of benzene rings is 2. The van der Waals surface area contributed by atoms with Crippen LogP contribution in [0, 0.1) is 6.92 Å². The van der Waals surface area contributed by atoms with Gasteiger partial charge in [0.15, 0.2) is 0 Å². The van der Waals surface area contributed by atoms with Crippen molar-refractivity contribution in [3.05, 3.63) is 65.2 Å². The Morgan fingerprint density at radius 2 is 1.79 bits per heavy atom. The van der Waals surface area contributed by atoms with Crippen molar-refractivity contribution in [3.63, 3.8) is 0 Å². The number of aryl methyl sites for hydroxylation is 1. The summed E-state index contributed by atoms with van der Waals surface area (Å²) in [6, 6.07) is 17.5. The fraction of sp³-hybridized carbons (Fsp3) is 0.520. The molecule has 28 heavy (non-hydrogen) atoms. The number of rotatable bonds is 8. The van der Waals surface area contributed by atoms with Gasteiger partial charge in [0.1, 0.15) is 5.75 Å². The lowest BCUT2D eigenvalue weighted by molar-refractivity contribution is -0.0979. The zero-order valence-electron chi connectivity index (χ0n) is 17.9. The van der Waals surface area contributed by atoms with Gasteiger partial charge in [-0.25, -0.2) is 0 Å². The molecule has 0 spiro atoms. The van der Waals surface area contributed by atoms with Gasteiger partial charge >= 0.3 is 0 Å². The van der Waals surface area contributed by atoms with E-state index in [9.17, 15) is 0 Å². The zero-order chi connectivity index (χ0) is 20.0. The minimum absolute atomic E-state index is 0.0287. The molecule has 1 heterocycles. The number of hydrogen-bond acceptors (Lipinski definition) is 3. The van der Waals surface area contributed by atoms with Crippen LogP contribution in [0.3, 0.4) is 0 Å². The second-order valence-corrected chi connectivity index (χ2v) is 8.50. The molecule has 2 aromatic carbocycles. The summed E-state index contributed by atoms with van der Waals surface area (Å²) < 4.78 is 11.4. The summed E-state index contributed by atoms with van der Waals surface area (Å²) in [4.78, 5) is 0. The Hall–Kier alpha value is -1.84. The minimum Gasteiger partial charge on any atom is -0.497 e. The molecule has 2 atom stereocenters. The predicted molar refractivity (Wildman–Crippen MR) is 116 cm³/mol. The second kappa shape index (κ2) is 9.11. The van der Waals surface area contributed by atoms with E-state index < -0.39 is 0 Å². The summed E-state index contributed by atoms with van der Waals surface area (Å²) in [5, 5.41) is 3.66. The minimum atomic E-state index is -0.0287. The SMILES string of the molecule is CCC1(C)CC(CCNCc2ccc(OC)cc2)(c2ccc(C)cc2)CCO1. The van der Waals surface area contributed by atoms with Crippen molar-refractivity contribution < 1.29 is 9.47 Å². The Morgan fingerprint density at radius 3 is 2.43 bits per heavy atom. The first-order chi connectivity index (χ1) is 13.5. The van der Waals surface area contributed by atoms with E-state index in [2.05, 4.69) is 62.5 Å². The van der Waals surface area contributed by atoms with Gasteiger partial charge in [-0.15, -0.1) is 0 Å². The molecule has 0 bridgehead atoms. The summed E-state index contributed by atoms with van der Waals surface area (Å²) in [6.07, 6.45) is 4.37. The van der Waals surface area contributed by atoms with Crippen molar-refractivity contribution >= 4 is 0 Å². The lowest BCUT2D eigenvalue weighted by Gasteiger charge is -2.47. The van der Waals surface area contributed by atoms with Gasteiger partial charge < -0.3 is 14.8 Å². The summed E-state index contributed by atoms with van der Waals surface area (Å²) in [5.74, 6) is 0.906. The smallest absolute Gasteiger partial charge is 0.118 e. The van der Waals surface area contributed by atoms with E-state index in [0.29, 0.717) is 0 Å². The maximum atomic E-state index is 6.18. The third kappa shape index (κ3) is 4.95. The summed E-state index contributed by atoms with van der Waals surface area (Å²) in [6.45, 7) is 9.41. The van der Waals surface area contributed by atoms with Crippen LogP contribution in [0.5, 0.6) is 5.75 Å². The van der Waals surface area contributed by atoms with E-state index in [4.69, 9.17) is 9.47 Å². The maximum absolute atomic E-state index is 6.18. The van der Waals surface area contributed by atoms with Gasteiger partial charge in [-0.3, -0.25) is 0 Å². The largest absolute Gasteiger partial charge is 0.497 e. The van der Waals surface area contributed by atoms with Gasteiger partial charge in [-0.2, -0.15) is 0 Å². The van der Waals surface area contributed by atoms with Crippen LogP contribution in [0.1, 0.15) is 56.2 Å². The monoisotopic (exact) mass is 381 g/mol. The summed E-state index contributed by atoms with van der Waals surface area (Å²) in [7, 11) is 1.70. The Bertz CT molecular complexity index is 740. The fourth-order valence-electron chi connectivity index (χ4n) is 4.39. The number of hydrogen-bond donors (Lipinski definition) is 1. The standard InChI is InChI=1S/C25H35NO2/c1-5-24(3)19-25(15-17-28-24,22-10-6-20(2)7-11-22)14-16-26-18-21-8-12-23(27-4)13-9-21/h6-13,26H,5,14-19H2,1-4H3. The number of methoxy groups -OCH3 is 1. The molecule has 0 aromatic heterocycles. The van der Waals surface area contributed by atoms with E-state index in [-0.39, 0.29) is 11.0 Å². The van der Waals surface area contributed by atoms with Crippen LogP contribution in [-0.2, 0) is 16.7 Å². The Balaban J connectivity index is 1.68. The third-order valence-corrected chi connectivity index (χ3v) is 6.42. The fourth-order valence-corrected chi connectivity index (χ4v) is 4.39. The molecule has 0 amide bonds. The summed E-state index contributed by atoms with van der Waals surface area (Å²) >= 11 is 0. The molecule has 1 fully saturated rings. The van der Waals surface area contributed by atoms with Gasteiger partial charge in [0.2, 0.25) is 0 Å². The molecule has 1 N–H and O–H groups in total.